The fourth-order valence-corrected chi connectivity index (χ4v) is 2.06. The van der Waals surface area contributed by atoms with E-state index in [2.05, 4.69) is 24.4 Å². The quantitative estimate of drug-likeness (QED) is 0.562. The average Bonchev–Trinajstić information content (AvgIpc) is 2.52. The second-order valence-corrected chi connectivity index (χ2v) is 5.25. The molecule has 1 aromatic carbocycles. The first-order chi connectivity index (χ1) is 10.1. The van der Waals surface area contributed by atoms with E-state index < -0.39 is 5.54 Å². The maximum atomic E-state index is 11.9. The Morgan fingerprint density at radius 3 is 2.43 bits per heavy atom. The van der Waals surface area contributed by atoms with Gasteiger partial charge in [-0.3, -0.25) is 4.79 Å². The van der Waals surface area contributed by atoms with E-state index >= 15 is 0 Å². The third-order valence-corrected chi connectivity index (χ3v) is 3.70. The van der Waals surface area contributed by atoms with Crippen LogP contribution in [0, 0.1) is 0 Å². The van der Waals surface area contributed by atoms with Crippen molar-refractivity contribution in [1.29, 1.82) is 0 Å². The number of benzene rings is 1. The minimum atomic E-state index is -0.647. The molecule has 0 aliphatic heterocycles. The van der Waals surface area contributed by atoms with Gasteiger partial charge in [0.05, 0.1) is 13.2 Å². The normalized spacial score (nSPS) is 13.5. The van der Waals surface area contributed by atoms with E-state index in [0.29, 0.717) is 19.6 Å². The van der Waals surface area contributed by atoms with Crippen molar-refractivity contribution in [3.63, 3.8) is 0 Å². The van der Waals surface area contributed by atoms with Crippen molar-refractivity contribution in [3.8, 4) is 5.75 Å². The molecule has 1 N–H and O–H groups in total. The zero-order chi connectivity index (χ0) is 15.7. The molecule has 1 rings (SSSR count). The fourth-order valence-electron chi connectivity index (χ4n) is 2.06. The lowest BCUT2D eigenvalue weighted by atomic mass is 9.96. The first kappa shape index (κ1) is 17.5. The summed E-state index contributed by atoms with van der Waals surface area (Å²) < 4.78 is 10.8. The highest BCUT2D eigenvalue weighted by atomic mass is 16.5. The van der Waals surface area contributed by atoms with Gasteiger partial charge >= 0.3 is 5.97 Å². The van der Waals surface area contributed by atoms with Crippen LogP contribution in [0.25, 0.3) is 0 Å². The third-order valence-electron chi connectivity index (χ3n) is 3.70. The minimum Gasteiger partial charge on any atom is -0.494 e. The second kappa shape index (κ2) is 8.67. The molecule has 4 nitrogen and oxygen atoms in total. The summed E-state index contributed by atoms with van der Waals surface area (Å²) in [7, 11) is 1.78. The summed E-state index contributed by atoms with van der Waals surface area (Å²) in [5.41, 5.74) is 0.651. The lowest BCUT2D eigenvalue weighted by Crippen LogP contribution is -2.48. The van der Waals surface area contributed by atoms with Crippen LogP contribution in [-0.4, -0.2) is 31.8 Å². The molecular formula is C17H27NO3. The summed E-state index contributed by atoms with van der Waals surface area (Å²) in [5, 5.41) is 3.05. The zero-order valence-corrected chi connectivity index (χ0v) is 13.6. The van der Waals surface area contributed by atoms with E-state index in [0.717, 1.165) is 18.6 Å². The first-order valence-corrected chi connectivity index (χ1v) is 7.63. The van der Waals surface area contributed by atoms with E-state index in [4.69, 9.17) is 9.47 Å². The lowest BCUT2D eigenvalue weighted by molar-refractivity contribution is -0.150. The minimum absolute atomic E-state index is 0.209. The number of ether oxygens (including phenoxy) is 2. The van der Waals surface area contributed by atoms with Crippen molar-refractivity contribution in [2.75, 3.05) is 20.3 Å². The summed E-state index contributed by atoms with van der Waals surface area (Å²) in [4.78, 5) is 11.9. The molecule has 4 heteroatoms. The standard InChI is InChI=1S/C17H27NO3/c1-5-14-8-10-15(11-9-14)21-13-7-12-17(3,18-4)16(19)20-6-2/h8-11,18H,5-7,12-13H2,1-4H3. The van der Waals surface area contributed by atoms with Crippen LogP contribution < -0.4 is 10.1 Å². The van der Waals surface area contributed by atoms with Crippen molar-refractivity contribution in [3.05, 3.63) is 29.8 Å². The molecule has 0 amide bonds. The molecule has 1 atom stereocenters. The molecule has 0 spiro atoms. The molecule has 0 heterocycles. The van der Waals surface area contributed by atoms with Crippen LogP contribution in [0.1, 0.15) is 39.2 Å². The Morgan fingerprint density at radius 2 is 1.90 bits per heavy atom. The summed E-state index contributed by atoms with van der Waals surface area (Å²) in [6.45, 7) is 6.79. The summed E-state index contributed by atoms with van der Waals surface area (Å²) in [6, 6.07) is 8.13. The van der Waals surface area contributed by atoms with Crippen molar-refractivity contribution >= 4 is 5.97 Å². The molecule has 0 radical (unpaired) electrons. The predicted molar refractivity (Wildman–Crippen MR) is 84.6 cm³/mol. The SMILES string of the molecule is CCOC(=O)C(C)(CCCOc1ccc(CC)cc1)NC. The van der Waals surface area contributed by atoms with Crippen LogP contribution in [0.5, 0.6) is 5.75 Å². The molecule has 0 fully saturated rings. The molecular weight excluding hydrogens is 266 g/mol. The van der Waals surface area contributed by atoms with Crippen LogP contribution in [0.2, 0.25) is 0 Å². The number of carbonyl (C=O) groups excluding carboxylic acids is 1. The number of nitrogens with one attached hydrogen (secondary N) is 1. The van der Waals surface area contributed by atoms with Gasteiger partial charge in [-0.15, -0.1) is 0 Å². The number of carbonyl (C=O) groups is 1. The molecule has 0 saturated carbocycles. The van der Waals surface area contributed by atoms with Crippen LogP contribution in [-0.2, 0) is 16.0 Å². The topological polar surface area (TPSA) is 47.6 Å². The Labute approximate surface area is 127 Å². The highest BCUT2D eigenvalue weighted by molar-refractivity contribution is 5.80. The van der Waals surface area contributed by atoms with Crippen molar-refractivity contribution in [2.45, 2.75) is 45.6 Å². The maximum absolute atomic E-state index is 11.9. The zero-order valence-electron chi connectivity index (χ0n) is 13.6. The maximum Gasteiger partial charge on any atom is 0.326 e. The molecule has 0 aromatic heterocycles. The van der Waals surface area contributed by atoms with Crippen molar-refractivity contribution < 1.29 is 14.3 Å². The number of likely N-dealkylation sites (N-methyl/N-ethyl adjacent to an activating group) is 1. The number of hydrogen-bond donors (Lipinski definition) is 1. The molecule has 0 bridgehead atoms. The predicted octanol–water partition coefficient (Wildman–Crippen LogP) is 2.95. The van der Waals surface area contributed by atoms with E-state index in [-0.39, 0.29) is 5.97 Å². The van der Waals surface area contributed by atoms with Crippen LogP contribution in [0.3, 0.4) is 0 Å². The Morgan fingerprint density at radius 1 is 1.24 bits per heavy atom. The van der Waals surface area contributed by atoms with E-state index in [9.17, 15) is 4.79 Å². The van der Waals surface area contributed by atoms with E-state index in [1.807, 2.05) is 26.0 Å². The first-order valence-electron chi connectivity index (χ1n) is 7.63. The number of hydrogen-bond acceptors (Lipinski definition) is 4. The van der Waals surface area contributed by atoms with Gasteiger partial charge in [0.2, 0.25) is 0 Å². The Hall–Kier alpha value is -1.55. The summed E-state index contributed by atoms with van der Waals surface area (Å²) in [5.74, 6) is 0.661. The van der Waals surface area contributed by atoms with Gasteiger partial charge in [0.25, 0.3) is 0 Å². The van der Waals surface area contributed by atoms with Crippen molar-refractivity contribution in [2.24, 2.45) is 0 Å². The summed E-state index contributed by atoms with van der Waals surface area (Å²) in [6.07, 6.45) is 2.49. The monoisotopic (exact) mass is 293 g/mol. The van der Waals surface area contributed by atoms with Crippen LogP contribution >= 0.6 is 0 Å². The third kappa shape index (κ3) is 5.38. The van der Waals surface area contributed by atoms with Crippen LogP contribution in [0.15, 0.2) is 24.3 Å². The number of aryl methyl sites for hydroxylation is 1. The van der Waals surface area contributed by atoms with Crippen LogP contribution in [0.4, 0.5) is 0 Å². The van der Waals surface area contributed by atoms with Gasteiger partial charge in [-0.05, 0) is 57.9 Å². The van der Waals surface area contributed by atoms with Gasteiger partial charge in [-0.25, -0.2) is 0 Å². The van der Waals surface area contributed by atoms with Crippen molar-refractivity contribution in [1.82, 2.24) is 5.32 Å². The Balaban J connectivity index is 2.39. The average molecular weight is 293 g/mol. The Bertz CT molecular complexity index is 430. The van der Waals surface area contributed by atoms with E-state index in [1.54, 1.807) is 7.05 Å². The largest absolute Gasteiger partial charge is 0.494 e. The molecule has 0 aliphatic rings. The smallest absolute Gasteiger partial charge is 0.326 e. The molecule has 1 unspecified atom stereocenters. The van der Waals surface area contributed by atoms with Gasteiger partial charge in [-0.2, -0.15) is 0 Å². The molecule has 21 heavy (non-hydrogen) atoms. The van der Waals surface area contributed by atoms with Gasteiger partial charge in [0.1, 0.15) is 11.3 Å². The Kier molecular flexibility index (Phi) is 7.23. The van der Waals surface area contributed by atoms with Gasteiger partial charge < -0.3 is 14.8 Å². The highest BCUT2D eigenvalue weighted by Crippen LogP contribution is 2.16. The highest BCUT2D eigenvalue weighted by Gasteiger charge is 2.32. The molecule has 0 aliphatic carbocycles. The summed E-state index contributed by atoms with van der Waals surface area (Å²) >= 11 is 0. The van der Waals surface area contributed by atoms with Gasteiger partial charge in [-0.1, -0.05) is 19.1 Å². The molecule has 1 aromatic rings. The molecule has 118 valence electrons. The van der Waals surface area contributed by atoms with E-state index in [1.165, 1.54) is 5.56 Å². The molecule has 0 saturated heterocycles. The van der Waals surface area contributed by atoms with Gasteiger partial charge in [0.15, 0.2) is 0 Å². The number of rotatable bonds is 9. The van der Waals surface area contributed by atoms with Gasteiger partial charge in [0, 0.05) is 0 Å². The fraction of sp³-hybridized carbons (Fsp3) is 0.588. The lowest BCUT2D eigenvalue weighted by Gasteiger charge is -2.26. The second-order valence-electron chi connectivity index (χ2n) is 5.25. The number of esters is 1.